The third kappa shape index (κ3) is 3.38. The van der Waals surface area contributed by atoms with Crippen molar-refractivity contribution in [2.45, 2.75) is 52.4 Å². The van der Waals surface area contributed by atoms with Gasteiger partial charge >= 0.3 is 0 Å². The second-order valence-electron chi connectivity index (χ2n) is 5.73. The van der Waals surface area contributed by atoms with Crippen LogP contribution >= 0.6 is 15.9 Å². The SMILES string of the molecule is CCc1cc(Br)ccc1NC(=O)C1(C)CCCCC1. The van der Waals surface area contributed by atoms with Crippen LogP contribution in [0.5, 0.6) is 0 Å². The van der Waals surface area contributed by atoms with Crippen LogP contribution in [0.25, 0.3) is 0 Å². The van der Waals surface area contributed by atoms with Crippen LogP contribution in [0.15, 0.2) is 22.7 Å². The number of aryl methyl sites for hydroxylation is 1. The van der Waals surface area contributed by atoms with Gasteiger partial charge in [-0.2, -0.15) is 0 Å². The molecule has 1 N–H and O–H groups in total. The Morgan fingerprint density at radius 1 is 1.32 bits per heavy atom. The van der Waals surface area contributed by atoms with Crippen molar-refractivity contribution in [3.63, 3.8) is 0 Å². The summed E-state index contributed by atoms with van der Waals surface area (Å²) in [7, 11) is 0. The summed E-state index contributed by atoms with van der Waals surface area (Å²) in [6.45, 7) is 4.21. The Morgan fingerprint density at radius 2 is 2.00 bits per heavy atom. The van der Waals surface area contributed by atoms with E-state index in [9.17, 15) is 4.79 Å². The Kier molecular flexibility index (Phi) is 4.67. The van der Waals surface area contributed by atoms with E-state index in [1.807, 2.05) is 12.1 Å². The molecule has 1 aliphatic carbocycles. The fourth-order valence-electron chi connectivity index (χ4n) is 2.81. The molecule has 1 fully saturated rings. The third-order valence-corrected chi connectivity index (χ3v) is 4.69. The van der Waals surface area contributed by atoms with Crippen molar-refractivity contribution in [2.75, 3.05) is 5.32 Å². The number of anilines is 1. The maximum absolute atomic E-state index is 12.5. The van der Waals surface area contributed by atoms with Gasteiger partial charge in [-0.3, -0.25) is 4.79 Å². The summed E-state index contributed by atoms with van der Waals surface area (Å²) >= 11 is 3.48. The minimum atomic E-state index is -0.184. The van der Waals surface area contributed by atoms with Crippen LogP contribution in [-0.4, -0.2) is 5.91 Å². The first-order valence-electron chi connectivity index (χ1n) is 7.15. The summed E-state index contributed by atoms with van der Waals surface area (Å²) in [6, 6.07) is 6.06. The number of nitrogens with one attached hydrogen (secondary N) is 1. The van der Waals surface area contributed by atoms with E-state index in [0.29, 0.717) is 0 Å². The predicted molar refractivity (Wildman–Crippen MR) is 83.3 cm³/mol. The number of rotatable bonds is 3. The molecule has 1 aliphatic rings. The van der Waals surface area contributed by atoms with Crippen LogP contribution < -0.4 is 5.32 Å². The van der Waals surface area contributed by atoms with E-state index < -0.39 is 0 Å². The van der Waals surface area contributed by atoms with Crippen LogP contribution in [0, 0.1) is 5.41 Å². The number of halogens is 1. The number of carbonyl (C=O) groups excluding carboxylic acids is 1. The Morgan fingerprint density at radius 3 is 2.63 bits per heavy atom. The summed E-state index contributed by atoms with van der Waals surface area (Å²) in [5, 5.41) is 3.14. The van der Waals surface area contributed by atoms with Crippen LogP contribution in [-0.2, 0) is 11.2 Å². The number of hydrogen-bond donors (Lipinski definition) is 1. The molecule has 1 amide bonds. The molecular formula is C16H22BrNO. The molecule has 1 saturated carbocycles. The van der Waals surface area contributed by atoms with Gasteiger partial charge in [-0.05, 0) is 43.0 Å². The van der Waals surface area contributed by atoms with Gasteiger partial charge in [0.15, 0.2) is 0 Å². The maximum atomic E-state index is 12.5. The minimum Gasteiger partial charge on any atom is -0.325 e. The van der Waals surface area contributed by atoms with Crippen molar-refractivity contribution < 1.29 is 4.79 Å². The molecular weight excluding hydrogens is 302 g/mol. The van der Waals surface area contributed by atoms with Crippen molar-refractivity contribution in [3.8, 4) is 0 Å². The van der Waals surface area contributed by atoms with Crippen molar-refractivity contribution in [1.82, 2.24) is 0 Å². The molecule has 0 radical (unpaired) electrons. The Balaban J connectivity index is 2.14. The molecule has 104 valence electrons. The summed E-state index contributed by atoms with van der Waals surface area (Å²) in [5.41, 5.74) is 1.96. The van der Waals surface area contributed by atoms with Crippen LogP contribution in [0.2, 0.25) is 0 Å². The summed E-state index contributed by atoms with van der Waals surface area (Å²) in [4.78, 5) is 12.5. The minimum absolute atomic E-state index is 0.184. The van der Waals surface area contributed by atoms with Gasteiger partial charge in [0.2, 0.25) is 5.91 Å². The van der Waals surface area contributed by atoms with E-state index in [1.54, 1.807) is 0 Å². The normalized spacial score (nSPS) is 18.1. The Labute approximate surface area is 124 Å². The van der Waals surface area contributed by atoms with E-state index in [0.717, 1.165) is 29.4 Å². The van der Waals surface area contributed by atoms with Crippen molar-refractivity contribution in [2.24, 2.45) is 5.41 Å². The molecule has 0 unspecified atom stereocenters. The largest absolute Gasteiger partial charge is 0.325 e. The fourth-order valence-corrected chi connectivity index (χ4v) is 3.22. The quantitative estimate of drug-likeness (QED) is 0.840. The van der Waals surface area contributed by atoms with E-state index in [2.05, 4.69) is 41.2 Å². The van der Waals surface area contributed by atoms with Gasteiger partial charge in [-0.1, -0.05) is 49.0 Å². The lowest BCUT2D eigenvalue weighted by atomic mass is 9.75. The molecule has 1 aromatic rings. The monoisotopic (exact) mass is 323 g/mol. The van der Waals surface area contributed by atoms with Gasteiger partial charge in [0, 0.05) is 15.6 Å². The first-order valence-corrected chi connectivity index (χ1v) is 7.94. The van der Waals surface area contributed by atoms with Crippen LogP contribution in [0.3, 0.4) is 0 Å². The number of amides is 1. The summed E-state index contributed by atoms with van der Waals surface area (Å²) in [5.74, 6) is 0.184. The molecule has 3 heteroatoms. The molecule has 1 aromatic carbocycles. The fraction of sp³-hybridized carbons (Fsp3) is 0.562. The first kappa shape index (κ1) is 14.6. The van der Waals surface area contributed by atoms with E-state index in [4.69, 9.17) is 0 Å². The van der Waals surface area contributed by atoms with E-state index in [1.165, 1.54) is 24.8 Å². The van der Waals surface area contributed by atoms with Gasteiger partial charge in [-0.15, -0.1) is 0 Å². The second-order valence-corrected chi connectivity index (χ2v) is 6.65. The number of hydrogen-bond acceptors (Lipinski definition) is 1. The zero-order valence-corrected chi connectivity index (χ0v) is 13.3. The smallest absolute Gasteiger partial charge is 0.230 e. The molecule has 19 heavy (non-hydrogen) atoms. The molecule has 0 aliphatic heterocycles. The highest BCUT2D eigenvalue weighted by Crippen LogP contribution is 2.37. The molecule has 0 bridgehead atoms. The summed E-state index contributed by atoms with van der Waals surface area (Å²) < 4.78 is 1.06. The van der Waals surface area contributed by atoms with Gasteiger partial charge in [0.1, 0.15) is 0 Å². The van der Waals surface area contributed by atoms with Crippen LogP contribution in [0.1, 0.15) is 51.5 Å². The number of carbonyl (C=O) groups is 1. The molecule has 0 aromatic heterocycles. The van der Waals surface area contributed by atoms with Crippen molar-refractivity contribution >= 4 is 27.5 Å². The highest BCUT2D eigenvalue weighted by molar-refractivity contribution is 9.10. The maximum Gasteiger partial charge on any atom is 0.230 e. The zero-order chi connectivity index (χ0) is 13.9. The molecule has 2 nitrogen and oxygen atoms in total. The van der Waals surface area contributed by atoms with Crippen molar-refractivity contribution in [1.29, 1.82) is 0 Å². The summed E-state index contributed by atoms with van der Waals surface area (Å²) in [6.07, 6.45) is 6.55. The molecule has 0 spiro atoms. The van der Waals surface area contributed by atoms with E-state index in [-0.39, 0.29) is 11.3 Å². The van der Waals surface area contributed by atoms with Gasteiger partial charge < -0.3 is 5.32 Å². The average molecular weight is 324 g/mol. The molecule has 2 rings (SSSR count). The molecule has 0 atom stereocenters. The number of benzene rings is 1. The highest BCUT2D eigenvalue weighted by Gasteiger charge is 2.34. The third-order valence-electron chi connectivity index (χ3n) is 4.20. The highest BCUT2D eigenvalue weighted by atomic mass is 79.9. The van der Waals surface area contributed by atoms with Crippen molar-refractivity contribution in [3.05, 3.63) is 28.2 Å². The topological polar surface area (TPSA) is 29.1 Å². The van der Waals surface area contributed by atoms with Gasteiger partial charge in [-0.25, -0.2) is 0 Å². The zero-order valence-electron chi connectivity index (χ0n) is 11.8. The van der Waals surface area contributed by atoms with Crippen LogP contribution in [0.4, 0.5) is 5.69 Å². The van der Waals surface area contributed by atoms with Gasteiger partial charge in [0.25, 0.3) is 0 Å². The standard InChI is InChI=1S/C16H22BrNO/c1-3-12-11-13(17)7-8-14(12)18-15(19)16(2)9-5-4-6-10-16/h7-8,11H,3-6,9-10H2,1-2H3,(H,18,19). The molecule has 0 heterocycles. The Hall–Kier alpha value is -0.830. The lowest BCUT2D eigenvalue weighted by molar-refractivity contribution is -0.126. The second kappa shape index (κ2) is 6.08. The predicted octanol–water partition coefficient (Wildman–Crippen LogP) is 4.92. The van der Waals surface area contributed by atoms with E-state index >= 15 is 0 Å². The van der Waals surface area contributed by atoms with Gasteiger partial charge in [0.05, 0.1) is 0 Å². The first-order chi connectivity index (χ1) is 9.05. The lowest BCUT2D eigenvalue weighted by Gasteiger charge is -2.32. The lowest BCUT2D eigenvalue weighted by Crippen LogP contribution is -2.35. The molecule has 0 saturated heterocycles. The Bertz CT molecular complexity index is 464. The average Bonchev–Trinajstić information content (AvgIpc) is 2.41.